The van der Waals surface area contributed by atoms with Crippen LogP contribution in [-0.4, -0.2) is 57.4 Å². The molecule has 1 aromatic heterocycles. The van der Waals surface area contributed by atoms with E-state index in [2.05, 4.69) is 4.98 Å². The summed E-state index contributed by atoms with van der Waals surface area (Å²) in [6, 6.07) is 9.28. The fourth-order valence-corrected chi connectivity index (χ4v) is 4.57. The van der Waals surface area contributed by atoms with Crippen molar-refractivity contribution in [2.24, 2.45) is 0 Å². The van der Waals surface area contributed by atoms with E-state index in [0.29, 0.717) is 17.3 Å². The average molecular weight is 341 g/mol. The van der Waals surface area contributed by atoms with Crippen LogP contribution in [0.4, 0.5) is 0 Å². The first-order chi connectivity index (χ1) is 11.8. The van der Waals surface area contributed by atoms with Crippen molar-refractivity contribution >= 4 is 34.3 Å². The highest BCUT2D eigenvalue weighted by molar-refractivity contribution is 7.99. The second kappa shape index (κ2) is 6.43. The molecule has 2 saturated heterocycles. The summed E-state index contributed by atoms with van der Waals surface area (Å²) in [6.07, 6.45) is 3.78. The Kier molecular flexibility index (Phi) is 4.14. The van der Waals surface area contributed by atoms with E-state index in [0.717, 1.165) is 36.7 Å². The topological polar surface area (TPSA) is 53.5 Å². The fourth-order valence-electron chi connectivity index (χ4n) is 3.42. The SMILES string of the molecule is O=C([C@@H]1CSCN1C(=O)c1nccc2ccccc12)N1CCCC1. The number of thioether (sulfide) groups is 1. The molecule has 2 amide bonds. The summed E-state index contributed by atoms with van der Waals surface area (Å²) in [5.74, 6) is 1.17. The minimum absolute atomic E-state index is 0.0890. The molecular weight excluding hydrogens is 322 g/mol. The molecule has 24 heavy (non-hydrogen) atoms. The van der Waals surface area contributed by atoms with E-state index >= 15 is 0 Å². The Hall–Kier alpha value is -2.08. The highest BCUT2D eigenvalue weighted by Crippen LogP contribution is 2.27. The highest BCUT2D eigenvalue weighted by atomic mass is 32.2. The number of amides is 2. The summed E-state index contributed by atoms with van der Waals surface area (Å²) in [7, 11) is 0. The van der Waals surface area contributed by atoms with Crippen LogP contribution in [0.15, 0.2) is 36.5 Å². The molecule has 4 rings (SSSR count). The first-order valence-corrected chi connectivity index (χ1v) is 9.42. The van der Waals surface area contributed by atoms with Gasteiger partial charge in [0.2, 0.25) is 5.91 Å². The molecule has 0 radical (unpaired) electrons. The molecule has 0 saturated carbocycles. The number of pyridine rings is 1. The molecule has 2 aliphatic rings. The molecule has 6 heteroatoms. The van der Waals surface area contributed by atoms with Gasteiger partial charge in [-0.3, -0.25) is 14.6 Å². The summed E-state index contributed by atoms with van der Waals surface area (Å²) >= 11 is 1.64. The molecule has 1 atom stereocenters. The van der Waals surface area contributed by atoms with Gasteiger partial charge in [-0.2, -0.15) is 0 Å². The van der Waals surface area contributed by atoms with E-state index in [-0.39, 0.29) is 17.9 Å². The summed E-state index contributed by atoms with van der Waals surface area (Å²) in [6.45, 7) is 1.63. The molecule has 5 nitrogen and oxygen atoms in total. The van der Waals surface area contributed by atoms with Gasteiger partial charge in [-0.15, -0.1) is 11.8 Å². The number of rotatable bonds is 2. The Morgan fingerprint density at radius 2 is 1.92 bits per heavy atom. The summed E-state index contributed by atoms with van der Waals surface area (Å²) in [5, 5.41) is 1.83. The number of carbonyl (C=O) groups is 2. The number of fused-ring (bicyclic) bond motifs is 1. The van der Waals surface area contributed by atoms with Gasteiger partial charge in [-0.25, -0.2) is 0 Å². The van der Waals surface area contributed by atoms with Crippen LogP contribution in [-0.2, 0) is 4.79 Å². The molecule has 0 bridgehead atoms. The number of carbonyl (C=O) groups excluding carboxylic acids is 2. The van der Waals surface area contributed by atoms with Gasteiger partial charge in [0, 0.05) is 30.4 Å². The van der Waals surface area contributed by atoms with Crippen molar-refractivity contribution in [3.63, 3.8) is 0 Å². The van der Waals surface area contributed by atoms with Crippen molar-refractivity contribution in [3.05, 3.63) is 42.2 Å². The Morgan fingerprint density at radius 3 is 2.75 bits per heavy atom. The minimum atomic E-state index is -0.360. The van der Waals surface area contributed by atoms with Crippen molar-refractivity contribution in [3.8, 4) is 0 Å². The molecule has 2 aliphatic heterocycles. The first-order valence-electron chi connectivity index (χ1n) is 8.27. The van der Waals surface area contributed by atoms with Crippen LogP contribution in [0, 0.1) is 0 Å². The van der Waals surface area contributed by atoms with E-state index in [1.165, 1.54) is 0 Å². The quantitative estimate of drug-likeness (QED) is 0.841. The third kappa shape index (κ3) is 2.65. The van der Waals surface area contributed by atoms with E-state index in [9.17, 15) is 9.59 Å². The normalized spacial score (nSPS) is 20.8. The van der Waals surface area contributed by atoms with Crippen LogP contribution in [0.2, 0.25) is 0 Å². The molecule has 124 valence electrons. The van der Waals surface area contributed by atoms with Crippen LogP contribution in [0.5, 0.6) is 0 Å². The van der Waals surface area contributed by atoms with Gasteiger partial charge in [0.1, 0.15) is 11.7 Å². The second-order valence-electron chi connectivity index (χ2n) is 6.20. The molecular formula is C18H19N3O2S. The standard InChI is InChI=1S/C18H19N3O2S/c22-17(20-9-3-4-10-20)15-11-24-12-21(15)18(23)16-14-6-2-1-5-13(14)7-8-19-16/h1-2,5-8,15H,3-4,9-12H2/t15-/m0/s1. The molecule has 0 unspecified atom stereocenters. The minimum Gasteiger partial charge on any atom is -0.341 e. The van der Waals surface area contributed by atoms with Crippen LogP contribution in [0.3, 0.4) is 0 Å². The smallest absolute Gasteiger partial charge is 0.274 e. The van der Waals surface area contributed by atoms with E-state index in [1.54, 1.807) is 22.9 Å². The van der Waals surface area contributed by atoms with E-state index in [4.69, 9.17) is 0 Å². The van der Waals surface area contributed by atoms with Crippen molar-refractivity contribution in [2.45, 2.75) is 18.9 Å². The number of aromatic nitrogens is 1. The van der Waals surface area contributed by atoms with Gasteiger partial charge < -0.3 is 9.80 Å². The lowest BCUT2D eigenvalue weighted by Gasteiger charge is -2.27. The molecule has 3 heterocycles. The highest BCUT2D eigenvalue weighted by Gasteiger charge is 2.38. The maximum Gasteiger partial charge on any atom is 0.274 e. The second-order valence-corrected chi connectivity index (χ2v) is 7.20. The Balaban J connectivity index is 1.64. The average Bonchev–Trinajstić information content (AvgIpc) is 3.31. The molecule has 0 N–H and O–H groups in total. The summed E-state index contributed by atoms with van der Waals surface area (Å²) < 4.78 is 0. The third-order valence-electron chi connectivity index (χ3n) is 4.72. The van der Waals surface area contributed by atoms with Gasteiger partial charge in [0.05, 0.1) is 5.88 Å². The van der Waals surface area contributed by atoms with Gasteiger partial charge in [0.15, 0.2) is 0 Å². The van der Waals surface area contributed by atoms with Crippen molar-refractivity contribution in [1.82, 2.24) is 14.8 Å². The molecule has 1 aromatic carbocycles. The van der Waals surface area contributed by atoms with Gasteiger partial charge in [-0.1, -0.05) is 24.3 Å². The van der Waals surface area contributed by atoms with Crippen molar-refractivity contribution in [2.75, 3.05) is 24.7 Å². The zero-order valence-electron chi connectivity index (χ0n) is 13.4. The zero-order chi connectivity index (χ0) is 16.5. The number of hydrogen-bond acceptors (Lipinski definition) is 4. The van der Waals surface area contributed by atoms with Crippen LogP contribution >= 0.6 is 11.8 Å². The predicted molar refractivity (Wildman–Crippen MR) is 94.8 cm³/mol. The van der Waals surface area contributed by atoms with Gasteiger partial charge in [-0.05, 0) is 24.3 Å². The van der Waals surface area contributed by atoms with Crippen LogP contribution in [0.25, 0.3) is 10.8 Å². The lowest BCUT2D eigenvalue weighted by atomic mass is 10.1. The molecule has 0 aliphatic carbocycles. The molecule has 0 spiro atoms. The van der Waals surface area contributed by atoms with Crippen LogP contribution in [0.1, 0.15) is 23.3 Å². The lowest BCUT2D eigenvalue weighted by Crippen LogP contribution is -2.48. The Morgan fingerprint density at radius 1 is 1.12 bits per heavy atom. The summed E-state index contributed by atoms with van der Waals surface area (Å²) in [4.78, 5) is 33.7. The van der Waals surface area contributed by atoms with Crippen molar-refractivity contribution in [1.29, 1.82) is 0 Å². The maximum absolute atomic E-state index is 13.1. The monoisotopic (exact) mass is 341 g/mol. The largest absolute Gasteiger partial charge is 0.341 e. The van der Waals surface area contributed by atoms with Crippen LogP contribution < -0.4 is 0 Å². The Bertz CT molecular complexity index is 783. The fraction of sp³-hybridized carbons (Fsp3) is 0.389. The Labute approximate surface area is 145 Å². The first kappa shape index (κ1) is 15.4. The number of benzene rings is 1. The zero-order valence-corrected chi connectivity index (χ0v) is 14.2. The maximum atomic E-state index is 13.1. The van der Waals surface area contributed by atoms with Crippen molar-refractivity contribution < 1.29 is 9.59 Å². The molecule has 2 aromatic rings. The third-order valence-corrected chi connectivity index (χ3v) is 5.73. The van der Waals surface area contributed by atoms with E-state index in [1.807, 2.05) is 35.2 Å². The lowest BCUT2D eigenvalue weighted by molar-refractivity contribution is -0.133. The van der Waals surface area contributed by atoms with E-state index < -0.39 is 0 Å². The van der Waals surface area contributed by atoms with Gasteiger partial charge in [0.25, 0.3) is 5.91 Å². The number of nitrogens with zero attached hydrogens (tertiary/aromatic N) is 3. The number of hydrogen-bond donors (Lipinski definition) is 0. The summed E-state index contributed by atoms with van der Waals surface area (Å²) in [5.41, 5.74) is 0.440. The number of likely N-dealkylation sites (tertiary alicyclic amines) is 1. The predicted octanol–water partition coefficient (Wildman–Crippen LogP) is 2.37. The molecule has 2 fully saturated rings. The van der Waals surface area contributed by atoms with Gasteiger partial charge >= 0.3 is 0 Å².